The molecular formula is C21H23N3O6. The highest BCUT2D eigenvalue weighted by Crippen LogP contribution is 2.22. The van der Waals surface area contributed by atoms with Crippen LogP contribution < -0.4 is 20.9 Å². The van der Waals surface area contributed by atoms with Gasteiger partial charge in [0, 0.05) is 18.4 Å². The predicted octanol–water partition coefficient (Wildman–Crippen LogP) is 1.81. The van der Waals surface area contributed by atoms with E-state index in [0.717, 1.165) is 0 Å². The zero-order valence-corrected chi connectivity index (χ0v) is 16.5. The highest BCUT2D eigenvalue weighted by molar-refractivity contribution is 5.95. The standard InChI is InChI=1S/C21H23N3O6/c1-29-17-11-6-5-10-16(17)22-19(26)14-30-20(27)13-7-12-18(25)23-24-21(28)15-8-3-2-4-9-15/h2-6,8-11H,7,12-14H2,1H3,(H,22,26)(H,23,25)(H,24,28). The van der Waals surface area contributed by atoms with E-state index in [1.807, 2.05) is 0 Å². The number of hydrogen-bond acceptors (Lipinski definition) is 6. The second kappa shape index (κ2) is 11.8. The number of carbonyl (C=O) groups excluding carboxylic acids is 4. The predicted molar refractivity (Wildman–Crippen MR) is 108 cm³/mol. The van der Waals surface area contributed by atoms with Crippen LogP contribution in [0.1, 0.15) is 29.6 Å². The first-order valence-corrected chi connectivity index (χ1v) is 9.22. The van der Waals surface area contributed by atoms with Crippen molar-refractivity contribution < 1.29 is 28.7 Å². The Balaban J connectivity index is 1.61. The summed E-state index contributed by atoms with van der Waals surface area (Å²) in [6.07, 6.45) is 0.180. The lowest BCUT2D eigenvalue weighted by atomic mass is 10.2. The number of amides is 3. The minimum atomic E-state index is -0.605. The molecule has 0 fully saturated rings. The van der Waals surface area contributed by atoms with Crippen molar-refractivity contribution >= 4 is 29.4 Å². The monoisotopic (exact) mass is 413 g/mol. The fourth-order valence-corrected chi connectivity index (χ4v) is 2.40. The van der Waals surface area contributed by atoms with E-state index in [1.54, 1.807) is 54.6 Å². The number of ether oxygens (including phenoxy) is 2. The van der Waals surface area contributed by atoms with Crippen LogP contribution in [-0.2, 0) is 19.1 Å². The van der Waals surface area contributed by atoms with Gasteiger partial charge in [0.15, 0.2) is 6.61 Å². The quantitative estimate of drug-likeness (QED) is 0.426. The van der Waals surface area contributed by atoms with Gasteiger partial charge in [0.05, 0.1) is 12.8 Å². The van der Waals surface area contributed by atoms with Gasteiger partial charge in [-0.1, -0.05) is 30.3 Å². The summed E-state index contributed by atoms with van der Waals surface area (Å²) in [4.78, 5) is 47.2. The summed E-state index contributed by atoms with van der Waals surface area (Å²) >= 11 is 0. The van der Waals surface area contributed by atoms with E-state index in [2.05, 4.69) is 16.2 Å². The summed E-state index contributed by atoms with van der Waals surface area (Å²) in [5, 5.41) is 2.59. The molecule has 0 bridgehead atoms. The molecule has 9 heteroatoms. The Labute approximate surface area is 173 Å². The summed E-state index contributed by atoms with van der Waals surface area (Å²) in [6.45, 7) is -0.448. The van der Waals surface area contributed by atoms with Crippen LogP contribution in [-0.4, -0.2) is 37.4 Å². The maximum atomic E-state index is 11.9. The van der Waals surface area contributed by atoms with Gasteiger partial charge in [-0.3, -0.25) is 30.0 Å². The molecule has 2 rings (SSSR count). The van der Waals surface area contributed by atoms with E-state index in [1.165, 1.54) is 7.11 Å². The van der Waals surface area contributed by atoms with Crippen molar-refractivity contribution in [3.63, 3.8) is 0 Å². The first-order valence-electron chi connectivity index (χ1n) is 9.22. The van der Waals surface area contributed by atoms with Gasteiger partial charge in [-0.15, -0.1) is 0 Å². The number of carbonyl (C=O) groups is 4. The summed E-state index contributed by atoms with van der Waals surface area (Å²) in [5.74, 6) is -1.51. The third kappa shape index (κ3) is 7.63. The lowest BCUT2D eigenvalue weighted by molar-refractivity contribution is -0.147. The van der Waals surface area contributed by atoms with Gasteiger partial charge in [0.2, 0.25) is 5.91 Å². The van der Waals surface area contributed by atoms with Gasteiger partial charge >= 0.3 is 5.97 Å². The highest BCUT2D eigenvalue weighted by atomic mass is 16.5. The summed E-state index contributed by atoms with van der Waals surface area (Å²) in [5.41, 5.74) is 5.45. The third-order valence-electron chi connectivity index (χ3n) is 3.88. The molecule has 0 aliphatic heterocycles. The van der Waals surface area contributed by atoms with Crippen molar-refractivity contribution in [1.82, 2.24) is 10.9 Å². The van der Waals surface area contributed by atoms with Crippen LogP contribution >= 0.6 is 0 Å². The number of esters is 1. The van der Waals surface area contributed by atoms with E-state index >= 15 is 0 Å². The molecule has 0 saturated heterocycles. The Morgan fingerprint density at radius 2 is 1.53 bits per heavy atom. The molecule has 0 aliphatic rings. The third-order valence-corrected chi connectivity index (χ3v) is 3.88. The summed E-state index contributed by atoms with van der Waals surface area (Å²) in [6, 6.07) is 15.3. The number of benzene rings is 2. The summed E-state index contributed by atoms with van der Waals surface area (Å²) in [7, 11) is 1.48. The highest BCUT2D eigenvalue weighted by Gasteiger charge is 2.12. The minimum absolute atomic E-state index is 0.0115. The van der Waals surface area contributed by atoms with Crippen molar-refractivity contribution in [3.8, 4) is 5.75 Å². The van der Waals surface area contributed by atoms with E-state index in [4.69, 9.17) is 9.47 Å². The van der Waals surface area contributed by atoms with Crippen molar-refractivity contribution in [2.75, 3.05) is 19.0 Å². The first kappa shape index (κ1) is 22.4. The lowest BCUT2D eigenvalue weighted by Crippen LogP contribution is -2.41. The zero-order chi connectivity index (χ0) is 21.8. The Morgan fingerprint density at radius 3 is 2.27 bits per heavy atom. The van der Waals surface area contributed by atoms with Crippen molar-refractivity contribution in [3.05, 3.63) is 60.2 Å². The molecule has 0 spiro atoms. The van der Waals surface area contributed by atoms with Crippen LogP contribution in [0.2, 0.25) is 0 Å². The number of anilines is 1. The first-order chi connectivity index (χ1) is 14.5. The van der Waals surface area contributed by atoms with Crippen molar-refractivity contribution in [2.24, 2.45) is 0 Å². The molecule has 3 N–H and O–H groups in total. The Kier molecular flexibility index (Phi) is 8.85. The molecule has 2 aromatic rings. The molecule has 0 atom stereocenters. The Bertz CT molecular complexity index is 885. The number of nitrogens with one attached hydrogen (secondary N) is 3. The largest absolute Gasteiger partial charge is 0.495 e. The number of para-hydroxylation sites is 2. The fraction of sp³-hybridized carbons (Fsp3) is 0.238. The number of rotatable bonds is 9. The van der Waals surface area contributed by atoms with Crippen LogP contribution in [0.15, 0.2) is 54.6 Å². The fourth-order valence-electron chi connectivity index (χ4n) is 2.40. The van der Waals surface area contributed by atoms with E-state index in [-0.39, 0.29) is 19.3 Å². The number of hydrogen-bond donors (Lipinski definition) is 3. The maximum absolute atomic E-state index is 11.9. The molecular weight excluding hydrogens is 390 g/mol. The van der Waals surface area contributed by atoms with Gasteiger partial charge < -0.3 is 14.8 Å². The molecule has 0 heterocycles. The number of methoxy groups -OCH3 is 1. The molecule has 0 aliphatic carbocycles. The molecule has 0 aromatic heterocycles. The average Bonchev–Trinajstić information content (AvgIpc) is 2.77. The topological polar surface area (TPSA) is 123 Å². The van der Waals surface area contributed by atoms with Crippen LogP contribution in [0.4, 0.5) is 5.69 Å². The molecule has 0 unspecified atom stereocenters. The number of hydrazine groups is 1. The smallest absolute Gasteiger partial charge is 0.306 e. The van der Waals surface area contributed by atoms with Gasteiger partial charge in [0.25, 0.3) is 11.8 Å². The second-order valence-corrected chi connectivity index (χ2v) is 6.13. The van der Waals surface area contributed by atoms with Crippen LogP contribution in [0.25, 0.3) is 0 Å². The minimum Gasteiger partial charge on any atom is -0.495 e. The zero-order valence-electron chi connectivity index (χ0n) is 16.5. The Morgan fingerprint density at radius 1 is 0.833 bits per heavy atom. The van der Waals surface area contributed by atoms with E-state index in [9.17, 15) is 19.2 Å². The molecule has 30 heavy (non-hydrogen) atoms. The van der Waals surface area contributed by atoms with Crippen molar-refractivity contribution in [1.29, 1.82) is 0 Å². The van der Waals surface area contributed by atoms with Crippen LogP contribution in [0, 0.1) is 0 Å². The van der Waals surface area contributed by atoms with Crippen molar-refractivity contribution in [2.45, 2.75) is 19.3 Å². The SMILES string of the molecule is COc1ccccc1NC(=O)COC(=O)CCCC(=O)NNC(=O)c1ccccc1. The van der Waals surface area contributed by atoms with Gasteiger partial charge in [-0.25, -0.2) is 0 Å². The summed E-state index contributed by atoms with van der Waals surface area (Å²) < 4.78 is 10.0. The van der Waals surface area contributed by atoms with Gasteiger partial charge in [0.1, 0.15) is 5.75 Å². The molecule has 0 saturated carbocycles. The Hall–Kier alpha value is -3.88. The molecule has 3 amide bonds. The molecule has 0 radical (unpaired) electrons. The van der Waals surface area contributed by atoms with Gasteiger partial charge in [-0.2, -0.15) is 0 Å². The molecule has 158 valence electrons. The molecule has 2 aromatic carbocycles. The second-order valence-electron chi connectivity index (χ2n) is 6.13. The average molecular weight is 413 g/mol. The van der Waals surface area contributed by atoms with Crippen LogP contribution in [0.5, 0.6) is 5.75 Å². The maximum Gasteiger partial charge on any atom is 0.306 e. The normalized spacial score (nSPS) is 9.90. The van der Waals surface area contributed by atoms with E-state index < -0.39 is 30.3 Å². The molecule has 9 nitrogen and oxygen atoms in total. The van der Waals surface area contributed by atoms with E-state index in [0.29, 0.717) is 17.0 Å². The van der Waals surface area contributed by atoms with Gasteiger partial charge in [-0.05, 0) is 30.7 Å². The van der Waals surface area contributed by atoms with Crippen LogP contribution in [0.3, 0.4) is 0 Å². The lowest BCUT2D eigenvalue weighted by Gasteiger charge is -2.10.